The minimum absolute atomic E-state index is 0.0381. The number of rotatable bonds is 4. The summed E-state index contributed by atoms with van der Waals surface area (Å²) >= 11 is 0. The van der Waals surface area contributed by atoms with Gasteiger partial charge in [0, 0.05) is 6.20 Å². The van der Waals surface area contributed by atoms with Crippen LogP contribution < -0.4 is 11.3 Å². The van der Waals surface area contributed by atoms with E-state index in [4.69, 9.17) is 5.84 Å². The Bertz CT molecular complexity index is 605. The standard InChI is InChI=1S/C17H23N3/c1-11-5-6-13(3)15(8-11)9-16(20-18)17-14(4)7-12(2)10-19-17/h5-8,10,16,20H,9,18H2,1-4H3. The lowest BCUT2D eigenvalue weighted by molar-refractivity contribution is 0.534. The summed E-state index contributed by atoms with van der Waals surface area (Å²) in [5.74, 6) is 5.76. The third kappa shape index (κ3) is 3.24. The average Bonchev–Trinajstić information content (AvgIpc) is 2.40. The molecule has 0 aliphatic rings. The van der Waals surface area contributed by atoms with Crippen LogP contribution >= 0.6 is 0 Å². The fourth-order valence-electron chi connectivity index (χ4n) is 2.57. The van der Waals surface area contributed by atoms with Crippen LogP contribution in [0.2, 0.25) is 0 Å². The van der Waals surface area contributed by atoms with E-state index in [0.717, 1.165) is 12.1 Å². The van der Waals surface area contributed by atoms with Gasteiger partial charge in [0.2, 0.25) is 0 Å². The minimum Gasteiger partial charge on any atom is -0.271 e. The van der Waals surface area contributed by atoms with Crippen LogP contribution in [0.4, 0.5) is 0 Å². The number of nitrogens with one attached hydrogen (secondary N) is 1. The Hall–Kier alpha value is -1.71. The molecule has 106 valence electrons. The summed E-state index contributed by atoms with van der Waals surface area (Å²) in [6.45, 7) is 8.39. The van der Waals surface area contributed by atoms with Crippen molar-refractivity contribution in [1.82, 2.24) is 10.4 Å². The first kappa shape index (κ1) is 14.7. The molecule has 1 heterocycles. The number of hydrogen-bond donors (Lipinski definition) is 2. The van der Waals surface area contributed by atoms with Gasteiger partial charge in [-0.05, 0) is 56.4 Å². The molecule has 0 radical (unpaired) electrons. The number of hydrazine groups is 1. The summed E-state index contributed by atoms with van der Waals surface area (Å²) < 4.78 is 0. The van der Waals surface area contributed by atoms with Crippen molar-refractivity contribution in [2.45, 2.75) is 40.2 Å². The molecular weight excluding hydrogens is 246 g/mol. The van der Waals surface area contributed by atoms with Crippen LogP contribution in [-0.4, -0.2) is 4.98 Å². The summed E-state index contributed by atoms with van der Waals surface area (Å²) in [6, 6.07) is 8.71. The van der Waals surface area contributed by atoms with E-state index < -0.39 is 0 Å². The third-order valence-corrected chi connectivity index (χ3v) is 3.72. The minimum atomic E-state index is 0.0381. The zero-order chi connectivity index (χ0) is 14.7. The highest BCUT2D eigenvalue weighted by molar-refractivity contribution is 5.33. The summed E-state index contributed by atoms with van der Waals surface area (Å²) in [4.78, 5) is 4.55. The molecule has 2 rings (SSSR count). The molecule has 1 unspecified atom stereocenters. The van der Waals surface area contributed by atoms with E-state index in [0.29, 0.717) is 0 Å². The van der Waals surface area contributed by atoms with Crippen molar-refractivity contribution in [2.24, 2.45) is 5.84 Å². The van der Waals surface area contributed by atoms with Crippen molar-refractivity contribution in [3.05, 3.63) is 64.0 Å². The van der Waals surface area contributed by atoms with Crippen molar-refractivity contribution >= 4 is 0 Å². The second kappa shape index (κ2) is 6.16. The van der Waals surface area contributed by atoms with E-state index >= 15 is 0 Å². The maximum atomic E-state index is 5.76. The quantitative estimate of drug-likeness (QED) is 0.662. The predicted molar refractivity (Wildman–Crippen MR) is 83.4 cm³/mol. The van der Waals surface area contributed by atoms with Crippen molar-refractivity contribution in [1.29, 1.82) is 0 Å². The molecular formula is C17H23N3. The number of benzene rings is 1. The van der Waals surface area contributed by atoms with Crippen LogP contribution in [0, 0.1) is 27.7 Å². The highest BCUT2D eigenvalue weighted by atomic mass is 15.2. The number of nitrogens with zero attached hydrogens (tertiary/aromatic N) is 1. The Morgan fingerprint density at radius 3 is 2.45 bits per heavy atom. The summed E-state index contributed by atoms with van der Waals surface area (Å²) in [5, 5.41) is 0. The molecule has 0 aliphatic heterocycles. The van der Waals surface area contributed by atoms with Crippen LogP contribution in [0.15, 0.2) is 30.5 Å². The van der Waals surface area contributed by atoms with E-state index in [2.05, 4.69) is 62.4 Å². The maximum Gasteiger partial charge on any atom is 0.0675 e. The monoisotopic (exact) mass is 269 g/mol. The van der Waals surface area contributed by atoms with E-state index in [1.165, 1.54) is 27.8 Å². The first-order valence-corrected chi connectivity index (χ1v) is 6.96. The molecule has 3 heteroatoms. The van der Waals surface area contributed by atoms with Gasteiger partial charge in [-0.25, -0.2) is 0 Å². The zero-order valence-corrected chi connectivity index (χ0v) is 12.7. The smallest absolute Gasteiger partial charge is 0.0675 e. The van der Waals surface area contributed by atoms with Gasteiger partial charge in [-0.1, -0.05) is 29.8 Å². The van der Waals surface area contributed by atoms with Gasteiger partial charge in [0.15, 0.2) is 0 Å². The average molecular weight is 269 g/mol. The summed E-state index contributed by atoms with van der Waals surface area (Å²) in [7, 11) is 0. The molecule has 3 nitrogen and oxygen atoms in total. The molecule has 0 saturated carbocycles. The fraction of sp³-hybridized carbons (Fsp3) is 0.353. The lowest BCUT2D eigenvalue weighted by Gasteiger charge is -2.19. The summed E-state index contributed by atoms with van der Waals surface area (Å²) in [6.07, 6.45) is 2.75. The van der Waals surface area contributed by atoms with Crippen LogP contribution in [0.5, 0.6) is 0 Å². The Morgan fingerprint density at radius 2 is 1.80 bits per heavy atom. The molecule has 0 fully saturated rings. The number of hydrogen-bond acceptors (Lipinski definition) is 3. The lowest BCUT2D eigenvalue weighted by Crippen LogP contribution is -2.31. The number of aromatic nitrogens is 1. The summed E-state index contributed by atoms with van der Waals surface area (Å²) in [5.41, 5.74) is 10.2. The molecule has 20 heavy (non-hydrogen) atoms. The number of pyridine rings is 1. The number of nitrogens with two attached hydrogens (primary N) is 1. The van der Waals surface area contributed by atoms with Gasteiger partial charge in [0.1, 0.15) is 0 Å². The van der Waals surface area contributed by atoms with E-state index in [1.807, 2.05) is 6.20 Å². The normalized spacial score (nSPS) is 12.4. The first-order valence-electron chi connectivity index (χ1n) is 6.96. The molecule has 0 amide bonds. The first-order chi connectivity index (χ1) is 9.51. The van der Waals surface area contributed by atoms with Gasteiger partial charge in [-0.3, -0.25) is 16.3 Å². The SMILES string of the molecule is Cc1cnc(C(Cc2cc(C)ccc2C)NN)c(C)c1. The molecule has 2 aromatic rings. The second-order valence-corrected chi connectivity index (χ2v) is 5.57. The molecule has 1 aromatic heterocycles. The zero-order valence-electron chi connectivity index (χ0n) is 12.7. The highest BCUT2D eigenvalue weighted by Gasteiger charge is 2.15. The largest absolute Gasteiger partial charge is 0.271 e. The van der Waals surface area contributed by atoms with Crippen molar-refractivity contribution in [2.75, 3.05) is 0 Å². The van der Waals surface area contributed by atoms with Crippen molar-refractivity contribution in [3.8, 4) is 0 Å². The molecule has 1 atom stereocenters. The Morgan fingerprint density at radius 1 is 1.05 bits per heavy atom. The topological polar surface area (TPSA) is 50.9 Å². The van der Waals surface area contributed by atoms with E-state index in [9.17, 15) is 0 Å². The molecule has 0 bridgehead atoms. The van der Waals surface area contributed by atoms with Crippen molar-refractivity contribution in [3.63, 3.8) is 0 Å². The Kier molecular flexibility index (Phi) is 4.53. The predicted octanol–water partition coefficient (Wildman–Crippen LogP) is 3.06. The van der Waals surface area contributed by atoms with Gasteiger partial charge < -0.3 is 0 Å². The van der Waals surface area contributed by atoms with E-state index in [-0.39, 0.29) is 6.04 Å². The van der Waals surface area contributed by atoms with Crippen molar-refractivity contribution < 1.29 is 0 Å². The van der Waals surface area contributed by atoms with Gasteiger partial charge in [-0.2, -0.15) is 0 Å². The van der Waals surface area contributed by atoms with E-state index in [1.54, 1.807) is 0 Å². The second-order valence-electron chi connectivity index (χ2n) is 5.57. The lowest BCUT2D eigenvalue weighted by atomic mass is 9.95. The van der Waals surface area contributed by atoms with Crippen LogP contribution in [-0.2, 0) is 6.42 Å². The highest BCUT2D eigenvalue weighted by Crippen LogP contribution is 2.22. The van der Waals surface area contributed by atoms with Gasteiger partial charge in [0.05, 0.1) is 11.7 Å². The molecule has 0 saturated heterocycles. The van der Waals surface area contributed by atoms with Crippen LogP contribution in [0.25, 0.3) is 0 Å². The fourth-order valence-corrected chi connectivity index (χ4v) is 2.57. The maximum absolute atomic E-state index is 5.76. The number of aryl methyl sites for hydroxylation is 4. The van der Waals surface area contributed by atoms with Gasteiger partial charge in [-0.15, -0.1) is 0 Å². The van der Waals surface area contributed by atoms with Crippen LogP contribution in [0.1, 0.15) is 39.6 Å². The Balaban J connectivity index is 2.31. The van der Waals surface area contributed by atoms with Gasteiger partial charge in [0.25, 0.3) is 0 Å². The third-order valence-electron chi connectivity index (χ3n) is 3.72. The molecule has 0 aliphatic carbocycles. The van der Waals surface area contributed by atoms with Gasteiger partial charge >= 0.3 is 0 Å². The molecule has 3 N–H and O–H groups in total. The molecule has 0 spiro atoms. The van der Waals surface area contributed by atoms with Crippen LogP contribution in [0.3, 0.4) is 0 Å². The molecule has 1 aromatic carbocycles. The Labute approximate surface area is 121 Å².